The molecule has 1 fully saturated rings. The van der Waals surface area contributed by atoms with E-state index in [1.165, 1.54) is 10.6 Å². The van der Waals surface area contributed by atoms with Gasteiger partial charge in [-0.15, -0.1) is 16.9 Å². The first-order valence-corrected chi connectivity index (χ1v) is 13.4. The zero-order valence-corrected chi connectivity index (χ0v) is 22.3. The number of aliphatic hydroxyl groups is 3. The van der Waals surface area contributed by atoms with E-state index in [2.05, 4.69) is 12.0 Å². The summed E-state index contributed by atoms with van der Waals surface area (Å²) in [5, 5.41) is 36.3. The van der Waals surface area contributed by atoms with Crippen LogP contribution < -0.4 is 0 Å². The lowest BCUT2D eigenvalue weighted by molar-refractivity contribution is -0.0947. The lowest BCUT2D eigenvalue weighted by Crippen LogP contribution is -2.55. The number of hydrogen-bond donors (Lipinski definition) is 3. The Kier molecular flexibility index (Phi) is 10.4. The standard InChI is InChI=1S/C25H36N2O9S/c1-5-15-8-10-16(11-9-15)12-17-14(4)27(24(31)33-6-2)26-22(17)36-23-21(30)20(29)19(28)18(37-23)13-35-25(32)34-7-3/h8-11,14,17-21,23,28-30H,5-7,12-13H2,1-4H3/t14?,17?,18-,19-,20+,21-,23-/m1/s1. The van der Waals surface area contributed by atoms with Crippen molar-refractivity contribution in [3.8, 4) is 0 Å². The number of hydrogen-bond acceptors (Lipinski definition) is 11. The number of ether oxygens (including phenoxy) is 4. The van der Waals surface area contributed by atoms with E-state index < -0.39 is 47.3 Å². The Morgan fingerprint density at radius 2 is 1.59 bits per heavy atom. The Morgan fingerprint density at radius 3 is 2.22 bits per heavy atom. The van der Waals surface area contributed by atoms with Crippen molar-refractivity contribution in [2.24, 2.45) is 11.0 Å². The van der Waals surface area contributed by atoms with Crippen LogP contribution in [0.1, 0.15) is 38.8 Å². The molecule has 1 aromatic carbocycles. The summed E-state index contributed by atoms with van der Waals surface area (Å²) < 4.78 is 21.0. The Morgan fingerprint density at radius 1 is 0.946 bits per heavy atom. The predicted molar refractivity (Wildman–Crippen MR) is 136 cm³/mol. The second-order valence-electron chi connectivity index (χ2n) is 8.83. The SMILES string of the molecule is CCOC(=O)OC[C@H]1S[C@@H](OC2=NN(C(=O)OCC)C(C)C2Cc2ccc(CC)cc2)[C@H](O)[C@@H](O)[C@@H]1O. The van der Waals surface area contributed by atoms with Crippen molar-refractivity contribution >= 4 is 29.9 Å². The highest BCUT2D eigenvalue weighted by Crippen LogP contribution is 2.36. The molecule has 1 saturated heterocycles. The highest BCUT2D eigenvalue weighted by molar-refractivity contribution is 8.00. The van der Waals surface area contributed by atoms with Gasteiger partial charge in [0.05, 0.1) is 36.5 Å². The molecule has 0 radical (unpaired) electrons. The van der Waals surface area contributed by atoms with Crippen LogP contribution >= 0.6 is 11.8 Å². The van der Waals surface area contributed by atoms with Crippen molar-refractivity contribution in [2.45, 2.75) is 75.6 Å². The number of aliphatic hydroxyl groups excluding tert-OH is 3. The van der Waals surface area contributed by atoms with Crippen molar-refractivity contribution in [3.63, 3.8) is 0 Å². The molecule has 0 spiro atoms. The number of nitrogens with zero attached hydrogens (tertiary/aromatic N) is 2. The highest BCUT2D eigenvalue weighted by Gasteiger charge is 2.48. The zero-order chi connectivity index (χ0) is 27.1. The molecule has 1 aromatic rings. The van der Waals surface area contributed by atoms with Crippen LogP contribution in [0.4, 0.5) is 9.59 Å². The van der Waals surface area contributed by atoms with Gasteiger partial charge in [0.1, 0.15) is 18.8 Å². The first kappa shape index (κ1) is 29.0. The molecule has 1 amide bonds. The van der Waals surface area contributed by atoms with Crippen LogP contribution in [-0.4, -0.2) is 93.3 Å². The normalized spacial score (nSPS) is 29.4. The van der Waals surface area contributed by atoms with Gasteiger partial charge in [0.15, 0.2) is 5.44 Å². The van der Waals surface area contributed by atoms with Crippen molar-refractivity contribution in [1.29, 1.82) is 0 Å². The Balaban J connectivity index is 1.80. The fourth-order valence-electron chi connectivity index (χ4n) is 4.16. The monoisotopic (exact) mass is 540 g/mol. The molecule has 12 heteroatoms. The number of carbonyl (C=O) groups is 2. The molecular formula is C25H36N2O9S. The number of rotatable bonds is 8. The molecule has 2 aliphatic rings. The zero-order valence-electron chi connectivity index (χ0n) is 21.5. The van der Waals surface area contributed by atoms with Gasteiger partial charge in [-0.05, 0) is 44.7 Å². The highest BCUT2D eigenvalue weighted by atomic mass is 32.2. The molecule has 37 heavy (non-hydrogen) atoms. The minimum Gasteiger partial charge on any atom is -0.462 e. The largest absolute Gasteiger partial charge is 0.508 e. The quantitative estimate of drug-likeness (QED) is 0.420. The van der Waals surface area contributed by atoms with Gasteiger partial charge in [0, 0.05) is 0 Å². The number of benzene rings is 1. The number of amides is 1. The summed E-state index contributed by atoms with van der Waals surface area (Å²) in [6, 6.07) is 7.72. The van der Waals surface area contributed by atoms with Crippen LogP contribution in [-0.2, 0) is 31.8 Å². The summed E-state index contributed by atoms with van der Waals surface area (Å²) in [6.45, 7) is 7.29. The summed E-state index contributed by atoms with van der Waals surface area (Å²) in [5.41, 5.74) is 1.17. The van der Waals surface area contributed by atoms with E-state index in [-0.39, 0.29) is 31.6 Å². The molecule has 7 atom stereocenters. The molecule has 2 heterocycles. The minimum atomic E-state index is -1.55. The third-order valence-electron chi connectivity index (χ3n) is 6.37. The van der Waals surface area contributed by atoms with Crippen LogP contribution in [0.2, 0.25) is 0 Å². The smallest absolute Gasteiger partial charge is 0.462 e. The Bertz CT molecular complexity index is 945. The molecule has 11 nitrogen and oxygen atoms in total. The average molecular weight is 541 g/mol. The van der Waals surface area contributed by atoms with E-state index in [1.807, 2.05) is 31.2 Å². The van der Waals surface area contributed by atoms with Crippen LogP contribution in [0, 0.1) is 5.92 Å². The number of carbonyl (C=O) groups excluding carboxylic acids is 2. The predicted octanol–water partition coefficient (Wildman–Crippen LogP) is 2.30. The van der Waals surface area contributed by atoms with Gasteiger partial charge < -0.3 is 34.3 Å². The van der Waals surface area contributed by atoms with Crippen molar-refractivity contribution in [1.82, 2.24) is 5.01 Å². The van der Waals surface area contributed by atoms with Crippen molar-refractivity contribution in [2.75, 3.05) is 19.8 Å². The van der Waals surface area contributed by atoms with E-state index >= 15 is 0 Å². The summed E-state index contributed by atoms with van der Waals surface area (Å²) >= 11 is 1.00. The number of aryl methyl sites for hydroxylation is 1. The Hall–Kier alpha value is -2.54. The summed E-state index contributed by atoms with van der Waals surface area (Å²) in [7, 11) is 0. The van der Waals surface area contributed by atoms with Gasteiger partial charge in [-0.2, -0.15) is 5.01 Å². The molecule has 0 bridgehead atoms. The first-order chi connectivity index (χ1) is 17.7. The van der Waals surface area contributed by atoms with Gasteiger partial charge in [-0.3, -0.25) is 0 Å². The topological polar surface area (TPSA) is 147 Å². The van der Waals surface area contributed by atoms with Gasteiger partial charge in [-0.25, -0.2) is 9.59 Å². The van der Waals surface area contributed by atoms with E-state index in [4.69, 9.17) is 18.9 Å². The fraction of sp³-hybridized carbons (Fsp3) is 0.640. The van der Waals surface area contributed by atoms with Crippen molar-refractivity contribution < 1.29 is 43.9 Å². The molecule has 0 aliphatic carbocycles. The lowest BCUT2D eigenvalue weighted by atomic mass is 9.93. The van der Waals surface area contributed by atoms with Crippen LogP contribution in [0.25, 0.3) is 0 Å². The Labute approximate surface area is 220 Å². The molecular weight excluding hydrogens is 504 g/mol. The van der Waals surface area contributed by atoms with E-state index in [1.54, 1.807) is 13.8 Å². The molecule has 2 aliphatic heterocycles. The molecule has 3 rings (SSSR count). The van der Waals surface area contributed by atoms with E-state index in [0.717, 1.165) is 23.7 Å². The van der Waals surface area contributed by atoms with Crippen molar-refractivity contribution in [3.05, 3.63) is 35.4 Å². The van der Waals surface area contributed by atoms with Gasteiger partial charge in [0.2, 0.25) is 5.90 Å². The first-order valence-electron chi connectivity index (χ1n) is 12.5. The molecule has 206 valence electrons. The summed E-state index contributed by atoms with van der Waals surface area (Å²) in [5.74, 6) is -0.159. The maximum atomic E-state index is 12.5. The molecule has 0 aromatic heterocycles. The summed E-state index contributed by atoms with van der Waals surface area (Å²) in [6.07, 6.45) is -4.48. The van der Waals surface area contributed by atoms with Crippen LogP contribution in [0.15, 0.2) is 29.4 Å². The molecule has 2 unspecified atom stereocenters. The average Bonchev–Trinajstić information content (AvgIpc) is 3.19. The third-order valence-corrected chi connectivity index (χ3v) is 7.77. The maximum absolute atomic E-state index is 12.5. The number of thioether (sulfide) groups is 1. The molecule has 0 saturated carbocycles. The second-order valence-corrected chi connectivity index (χ2v) is 10.2. The number of hydrazone groups is 1. The van der Waals surface area contributed by atoms with Gasteiger partial charge in [-0.1, -0.05) is 31.2 Å². The van der Waals surface area contributed by atoms with E-state index in [0.29, 0.717) is 6.42 Å². The maximum Gasteiger partial charge on any atom is 0.508 e. The third kappa shape index (κ3) is 7.07. The minimum absolute atomic E-state index is 0.129. The van der Waals surface area contributed by atoms with Gasteiger partial charge in [0.25, 0.3) is 0 Å². The van der Waals surface area contributed by atoms with Crippen LogP contribution in [0.3, 0.4) is 0 Å². The van der Waals surface area contributed by atoms with E-state index in [9.17, 15) is 24.9 Å². The lowest BCUT2D eigenvalue weighted by Gasteiger charge is -2.39. The second kappa shape index (κ2) is 13.3. The fourth-order valence-corrected chi connectivity index (χ4v) is 5.45. The van der Waals surface area contributed by atoms with Gasteiger partial charge >= 0.3 is 12.2 Å². The molecule has 3 N–H and O–H groups in total. The van der Waals surface area contributed by atoms with Crippen LogP contribution in [0.5, 0.6) is 0 Å². The summed E-state index contributed by atoms with van der Waals surface area (Å²) in [4.78, 5) is 24.1.